The van der Waals surface area contributed by atoms with E-state index in [0.29, 0.717) is 31.1 Å². The first-order valence-electron chi connectivity index (χ1n) is 11.8. The lowest BCUT2D eigenvalue weighted by atomic mass is 9.91. The van der Waals surface area contributed by atoms with Crippen LogP contribution in [0.15, 0.2) is 42.5 Å². The van der Waals surface area contributed by atoms with Crippen LogP contribution in [-0.4, -0.2) is 6.61 Å². The molecule has 0 amide bonds. The van der Waals surface area contributed by atoms with Gasteiger partial charge in [-0.15, -0.1) is 0 Å². The Balaban J connectivity index is 1.64. The van der Waals surface area contributed by atoms with E-state index < -0.39 is 69.9 Å². The molecule has 0 saturated carbocycles. The van der Waals surface area contributed by atoms with Gasteiger partial charge >= 0.3 is 12.3 Å². The molecular weight excluding hydrogens is 546 g/mol. The molecule has 3 aromatic rings. The van der Waals surface area contributed by atoms with E-state index in [4.69, 9.17) is 4.74 Å². The number of benzene rings is 3. The first-order chi connectivity index (χ1) is 18.2. The van der Waals surface area contributed by atoms with Gasteiger partial charge in [-0.1, -0.05) is 31.5 Å². The van der Waals surface area contributed by atoms with E-state index in [-0.39, 0.29) is 23.3 Å². The molecule has 2 atom stereocenters. The summed E-state index contributed by atoms with van der Waals surface area (Å²) in [5.74, 6) is -10.3. The maximum Gasteiger partial charge on any atom is 0.432 e. The van der Waals surface area contributed by atoms with Gasteiger partial charge < -0.3 is 9.47 Å². The van der Waals surface area contributed by atoms with E-state index in [1.807, 2.05) is 6.92 Å². The van der Waals surface area contributed by atoms with Crippen molar-refractivity contribution in [2.24, 2.45) is 5.92 Å². The number of halogens is 10. The van der Waals surface area contributed by atoms with Crippen LogP contribution in [0.3, 0.4) is 0 Å². The first-order valence-corrected chi connectivity index (χ1v) is 11.8. The predicted molar refractivity (Wildman–Crippen MR) is 119 cm³/mol. The normalized spacial score (nSPS) is 18.3. The maximum absolute atomic E-state index is 15.4. The quantitative estimate of drug-likeness (QED) is 0.277. The molecule has 0 N–H and O–H groups in total. The van der Waals surface area contributed by atoms with Gasteiger partial charge in [-0.3, -0.25) is 0 Å². The van der Waals surface area contributed by atoms with Crippen molar-refractivity contribution in [3.63, 3.8) is 0 Å². The van der Waals surface area contributed by atoms with Crippen molar-refractivity contribution in [2.45, 2.75) is 44.6 Å². The fraction of sp³-hybridized carbons (Fsp3) is 0.333. The highest BCUT2D eigenvalue weighted by atomic mass is 19.4. The summed E-state index contributed by atoms with van der Waals surface area (Å²) in [6.07, 6.45) is -8.82. The van der Waals surface area contributed by atoms with Gasteiger partial charge in [-0.2, -0.15) is 22.0 Å². The average molecular weight is 566 g/mol. The molecule has 39 heavy (non-hydrogen) atoms. The fourth-order valence-electron chi connectivity index (χ4n) is 4.48. The standard InChI is InChI=1S/C27H20F10O2/c1-2-13-6-7-22(38-12-13)17-5-3-4-16(25(17)32)14-8-18(28)24(19(29)9-14)27(36,37)39-15-10-20(30)23(21(31)11-15)26(33,34)35/h3-5,8-11,13,22H,2,6-7,12H2,1H3. The molecule has 3 aromatic carbocycles. The zero-order chi connectivity index (χ0) is 28.7. The van der Waals surface area contributed by atoms with Crippen LogP contribution < -0.4 is 4.74 Å². The molecule has 0 aliphatic carbocycles. The number of hydrogen-bond donors (Lipinski definition) is 0. The highest BCUT2D eigenvalue weighted by Crippen LogP contribution is 2.41. The summed E-state index contributed by atoms with van der Waals surface area (Å²) >= 11 is 0. The second-order valence-electron chi connectivity index (χ2n) is 9.08. The lowest BCUT2D eigenvalue weighted by Crippen LogP contribution is -2.25. The molecule has 1 aliphatic heterocycles. The predicted octanol–water partition coefficient (Wildman–Crippen LogP) is 9.07. The molecule has 1 saturated heterocycles. The van der Waals surface area contributed by atoms with Crippen molar-refractivity contribution in [1.29, 1.82) is 0 Å². The highest BCUT2D eigenvalue weighted by molar-refractivity contribution is 5.66. The lowest BCUT2D eigenvalue weighted by molar-refractivity contribution is -0.189. The minimum Gasteiger partial charge on any atom is -0.429 e. The number of rotatable bonds is 6. The van der Waals surface area contributed by atoms with Crippen LogP contribution in [0.4, 0.5) is 43.9 Å². The Morgan fingerprint density at radius 3 is 1.92 bits per heavy atom. The Morgan fingerprint density at radius 2 is 1.41 bits per heavy atom. The Labute approximate surface area is 216 Å². The molecular formula is C27H20F10O2. The molecule has 1 fully saturated rings. The number of hydrogen-bond acceptors (Lipinski definition) is 2. The van der Waals surface area contributed by atoms with Gasteiger partial charge in [0.25, 0.3) is 0 Å². The molecule has 0 aromatic heterocycles. The Kier molecular flexibility index (Phi) is 7.89. The van der Waals surface area contributed by atoms with Crippen LogP contribution in [0.25, 0.3) is 11.1 Å². The summed E-state index contributed by atoms with van der Waals surface area (Å²) in [4.78, 5) is 0. The minimum atomic E-state index is -5.48. The maximum atomic E-state index is 15.4. The first kappa shape index (κ1) is 28.7. The van der Waals surface area contributed by atoms with Gasteiger partial charge in [-0.25, -0.2) is 22.0 Å². The number of ether oxygens (including phenoxy) is 2. The second kappa shape index (κ2) is 10.7. The number of alkyl halides is 5. The molecule has 4 rings (SSSR count). The van der Waals surface area contributed by atoms with Crippen LogP contribution >= 0.6 is 0 Å². The molecule has 0 bridgehead atoms. The van der Waals surface area contributed by atoms with Crippen LogP contribution in [0.2, 0.25) is 0 Å². The van der Waals surface area contributed by atoms with Crippen LogP contribution in [-0.2, 0) is 17.0 Å². The van der Waals surface area contributed by atoms with E-state index in [0.717, 1.165) is 12.8 Å². The smallest absolute Gasteiger partial charge is 0.429 e. The SMILES string of the molecule is CCC1CCC(c2cccc(-c3cc(F)c(C(F)(F)Oc4cc(F)c(C(F)(F)F)c(F)c4)c(F)c3)c2F)OC1. The van der Waals surface area contributed by atoms with Crippen molar-refractivity contribution in [3.8, 4) is 16.9 Å². The Bertz CT molecular complexity index is 1320. The molecule has 210 valence electrons. The molecule has 0 radical (unpaired) electrons. The summed E-state index contributed by atoms with van der Waals surface area (Å²) in [6, 6.07) is 4.50. The topological polar surface area (TPSA) is 18.5 Å². The van der Waals surface area contributed by atoms with Gasteiger partial charge in [0.05, 0.1) is 12.7 Å². The Morgan fingerprint density at radius 1 is 0.821 bits per heavy atom. The van der Waals surface area contributed by atoms with Crippen molar-refractivity contribution < 1.29 is 53.4 Å². The Hall–Kier alpha value is -3.28. The molecule has 12 heteroatoms. The highest BCUT2D eigenvalue weighted by Gasteiger charge is 2.43. The van der Waals surface area contributed by atoms with E-state index >= 15 is 4.39 Å². The average Bonchev–Trinajstić information content (AvgIpc) is 2.82. The zero-order valence-corrected chi connectivity index (χ0v) is 20.1. The van der Waals surface area contributed by atoms with Crippen LogP contribution in [0.1, 0.15) is 49.0 Å². The van der Waals surface area contributed by atoms with Gasteiger partial charge in [0.1, 0.15) is 46.0 Å². The third kappa shape index (κ3) is 5.85. The third-order valence-electron chi connectivity index (χ3n) is 6.51. The van der Waals surface area contributed by atoms with Crippen molar-refractivity contribution in [3.05, 3.63) is 88.2 Å². The summed E-state index contributed by atoms with van der Waals surface area (Å²) < 4.78 is 150. The summed E-state index contributed by atoms with van der Waals surface area (Å²) in [5, 5.41) is 0. The van der Waals surface area contributed by atoms with Crippen molar-refractivity contribution in [1.82, 2.24) is 0 Å². The summed E-state index contributed by atoms with van der Waals surface area (Å²) in [7, 11) is 0. The third-order valence-corrected chi connectivity index (χ3v) is 6.51. The van der Waals surface area contributed by atoms with Crippen LogP contribution in [0.5, 0.6) is 5.75 Å². The minimum absolute atomic E-state index is 0.131. The second-order valence-corrected chi connectivity index (χ2v) is 9.08. The molecule has 0 spiro atoms. The molecule has 1 aliphatic rings. The van der Waals surface area contributed by atoms with E-state index in [1.165, 1.54) is 18.2 Å². The van der Waals surface area contributed by atoms with Gasteiger partial charge in [0.2, 0.25) is 0 Å². The molecule has 2 unspecified atom stereocenters. The van der Waals surface area contributed by atoms with Crippen LogP contribution in [0, 0.1) is 35.0 Å². The fourth-order valence-corrected chi connectivity index (χ4v) is 4.48. The van der Waals surface area contributed by atoms with Gasteiger partial charge in [0.15, 0.2) is 0 Å². The lowest BCUT2D eigenvalue weighted by Gasteiger charge is -2.29. The van der Waals surface area contributed by atoms with Gasteiger partial charge in [-0.05, 0) is 36.5 Å². The molecule has 2 nitrogen and oxygen atoms in total. The van der Waals surface area contributed by atoms with E-state index in [1.54, 1.807) is 0 Å². The van der Waals surface area contributed by atoms with E-state index in [9.17, 15) is 39.5 Å². The summed E-state index contributed by atoms with van der Waals surface area (Å²) in [5.41, 5.74) is -4.95. The summed E-state index contributed by atoms with van der Waals surface area (Å²) in [6.45, 7) is 2.40. The zero-order valence-electron chi connectivity index (χ0n) is 20.1. The monoisotopic (exact) mass is 566 g/mol. The molecule has 1 heterocycles. The van der Waals surface area contributed by atoms with Crippen molar-refractivity contribution >= 4 is 0 Å². The van der Waals surface area contributed by atoms with E-state index in [2.05, 4.69) is 4.74 Å². The van der Waals surface area contributed by atoms with Gasteiger partial charge in [0, 0.05) is 23.3 Å². The largest absolute Gasteiger partial charge is 0.432 e. The van der Waals surface area contributed by atoms with Crippen molar-refractivity contribution in [2.75, 3.05) is 6.61 Å².